The van der Waals surface area contributed by atoms with Gasteiger partial charge in [0.25, 0.3) is 5.91 Å². The Morgan fingerprint density at radius 2 is 1.89 bits per heavy atom. The second-order valence-electron chi connectivity index (χ2n) is 5.19. The number of hydrogen-bond acceptors (Lipinski definition) is 4. The third-order valence-electron chi connectivity index (χ3n) is 3.31. The summed E-state index contributed by atoms with van der Waals surface area (Å²) in [5.74, 6) is -6.61. The van der Waals surface area contributed by atoms with Crippen molar-refractivity contribution in [2.45, 2.75) is 6.92 Å². The lowest BCUT2D eigenvalue weighted by Crippen LogP contribution is -2.33. The van der Waals surface area contributed by atoms with Crippen LogP contribution in [-0.4, -0.2) is 30.1 Å². The van der Waals surface area contributed by atoms with Crippen LogP contribution in [0.2, 0.25) is 5.02 Å². The number of phenolic OH excluding ortho intramolecular Hbond substituents is 1. The number of anilines is 1. The van der Waals surface area contributed by atoms with Gasteiger partial charge in [-0.05, 0) is 31.2 Å². The third-order valence-corrected chi connectivity index (χ3v) is 3.60. The van der Waals surface area contributed by atoms with Gasteiger partial charge in [0.05, 0.1) is 23.9 Å². The number of benzene rings is 2. The standard InChI is InChI=1S/C17H14ClF3N2O4/c1-2-27-12-6-8(5-9(18)16(12)25)17(26)22-7-13(24)23-11-4-3-10(19)14(20)15(11)21/h3-6,25H,2,7H2,1H3,(H,22,26)(H,23,24). The Labute approximate surface area is 156 Å². The maximum Gasteiger partial charge on any atom is 0.251 e. The van der Waals surface area contributed by atoms with E-state index >= 15 is 0 Å². The first-order valence-corrected chi connectivity index (χ1v) is 7.99. The molecular weight excluding hydrogens is 389 g/mol. The minimum Gasteiger partial charge on any atom is -0.503 e. The fraction of sp³-hybridized carbons (Fsp3) is 0.176. The van der Waals surface area contributed by atoms with Gasteiger partial charge in [-0.2, -0.15) is 0 Å². The molecule has 0 atom stereocenters. The molecule has 2 aromatic rings. The van der Waals surface area contributed by atoms with Gasteiger partial charge < -0.3 is 20.5 Å². The molecule has 10 heteroatoms. The molecule has 0 radical (unpaired) electrons. The van der Waals surface area contributed by atoms with Crippen molar-refractivity contribution in [1.82, 2.24) is 5.32 Å². The number of nitrogens with one attached hydrogen (secondary N) is 2. The largest absolute Gasteiger partial charge is 0.503 e. The van der Waals surface area contributed by atoms with Crippen LogP contribution in [0.15, 0.2) is 24.3 Å². The van der Waals surface area contributed by atoms with Crippen molar-refractivity contribution in [2.75, 3.05) is 18.5 Å². The van der Waals surface area contributed by atoms with Crippen LogP contribution in [-0.2, 0) is 4.79 Å². The summed E-state index contributed by atoms with van der Waals surface area (Å²) in [5.41, 5.74) is -0.562. The van der Waals surface area contributed by atoms with E-state index in [1.807, 2.05) is 5.32 Å². The number of carbonyl (C=O) groups is 2. The van der Waals surface area contributed by atoms with Crippen molar-refractivity contribution < 1.29 is 32.6 Å². The van der Waals surface area contributed by atoms with Gasteiger partial charge in [-0.15, -0.1) is 0 Å². The smallest absolute Gasteiger partial charge is 0.251 e. The Morgan fingerprint density at radius 1 is 1.19 bits per heavy atom. The summed E-state index contributed by atoms with van der Waals surface area (Å²) in [7, 11) is 0. The highest BCUT2D eigenvalue weighted by molar-refractivity contribution is 6.32. The van der Waals surface area contributed by atoms with Crippen molar-refractivity contribution in [2.24, 2.45) is 0 Å². The van der Waals surface area contributed by atoms with Crippen LogP contribution in [0.1, 0.15) is 17.3 Å². The minimum absolute atomic E-state index is 0.00746. The summed E-state index contributed by atoms with van der Waals surface area (Å²) >= 11 is 5.82. The van der Waals surface area contributed by atoms with E-state index in [9.17, 15) is 27.9 Å². The van der Waals surface area contributed by atoms with Gasteiger partial charge in [-0.25, -0.2) is 13.2 Å². The second kappa shape index (κ2) is 8.63. The molecule has 0 bridgehead atoms. The zero-order chi connectivity index (χ0) is 20.1. The minimum atomic E-state index is -1.72. The molecule has 0 aliphatic carbocycles. The zero-order valence-electron chi connectivity index (χ0n) is 13.9. The van der Waals surface area contributed by atoms with Crippen molar-refractivity contribution >= 4 is 29.1 Å². The Kier molecular flexibility index (Phi) is 6.51. The first-order valence-electron chi connectivity index (χ1n) is 7.61. The van der Waals surface area contributed by atoms with E-state index in [4.69, 9.17) is 16.3 Å². The van der Waals surface area contributed by atoms with E-state index in [1.165, 1.54) is 12.1 Å². The van der Waals surface area contributed by atoms with Crippen LogP contribution < -0.4 is 15.4 Å². The van der Waals surface area contributed by atoms with Crippen molar-refractivity contribution in [3.8, 4) is 11.5 Å². The molecule has 2 rings (SSSR count). The van der Waals surface area contributed by atoms with E-state index in [1.54, 1.807) is 6.92 Å². The monoisotopic (exact) mass is 402 g/mol. The van der Waals surface area contributed by atoms with Crippen LogP contribution in [0.5, 0.6) is 11.5 Å². The molecule has 0 saturated carbocycles. The molecule has 6 nitrogen and oxygen atoms in total. The van der Waals surface area contributed by atoms with E-state index < -0.39 is 41.5 Å². The van der Waals surface area contributed by atoms with Crippen LogP contribution in [0.3, 0.4) is 0 Å². The predicted octanol–water partition coefficient (Wildman–Crippen LogP) is 3.23. The molecule has 0 aromatic heterocycles. The number of ether oxygens (including phenoxy) is 1. The second-order valence-corrected chi connectivity index (χ2v) is 5.60. The number of hydrogen-bond donors (Lipinski definition) is 3. The Morgan fingerprint density at radius 3 is 2.56 bits per heavy atom. The summed E-state index contributed by atoms with van der Waals surface area (Å²) in [5, 5.41) is 13.9. The van der Waals surface area contributed by atoms with E-state index in [0.29, 0.717) is 6.07 Å². The van der Waals surface area contributed by atoms with Gasteiger partial charge in [-0.3, -0.25) is 9.59 Å². The SMILES string of the molecule is CCOc1cc(C(=O)NCC(=O)Nc2ccc(F)c(F)c2F)cc(Cl)c1O. The third kappa shape index (κ3) is 4.82. The molecule has 2 aromatic carbocycles. The number of halogens is 4. The van der Waals surface area contributed by atoms with Gasteiger partial charge in [0.15, 0.2) is 29.0 Å². The van der Waals surface area contributed by atoms with Crippen LogP contribution in [0.4, 0.5) is 18.9 Å². The van der Waals surface area contributed by atoms with Gasteiger partial charge in [0.2, 0.25) is 5.91 Å². The summed E-state index contributed by atoms with van der Waals surface area (Å²) < 4.78 is 44.7. The lowest BCUT2D eigenvalue weighted by Gasteiger charge is -2.11. The first kappa shape index (κ1) is 20.4. The molecule has 27 heavy (non-hydrogen) atoms. The number of rotatable bonds is 6. The van der Waals surface area contributed by atoms with E-state index in [0.717, 1.165) is 6.07 Å². The Bertz CT molecular complexity index is 893. The van der Waals surface area contributed by atoms with Gasteiger partial charge in [0, 0.05) is 5.56 Å². The molecular formula is C17H14ClF3N2O4. The highest BCUT2D eigenvalue weighted by atomic mass is 35.5. The molecule has 0 aliphatic rings. The summed E-state index contributed by atoms with van der Waals surface area (Å²) in [4.78, 5) is 23.9. The van der Waals surface area contributed by atoms with Crippen LogP contribution >= 0.6 is 11.6 Å². The number of amides is 2. The number of aromatic hydroxyl groups is 1. The van der Waals surface area contributed by atoms with Crippen LogP contribution in [0, 0.1) is 17.5 Å². The zero-order valence-corrected chi connectivity index (χ0v) is 14.7. The van der Waals surface area contributed by atoms with Crippen LogP contribution in [0.25, 0.3) is 0 Å². The van der Waals surface area contributed by atoms with Crippen molar-refractivity contribution in [1.29, 1.82) is 0 Å². The molecule has 3 N–H and O–H groups in total. The fourth-order valence-corrected chi connectivity index (χ4v) is 2.26. The lowest BCUT2D eigenvalue weighted by atomic mass is 10.2. The van der Waals surface area contributed by atoms with E-state index in [2.05, 4.69) is 5.32 Å². The molecule has 144 valence electrons. The van der Waals surface area contributed by atoms with E-state index in [-0.39, 0.29) is 28.7 Å². The highest BCUT2D eigenvalue weighted by Crippen LogP contribution is 2.35. The average molecular weight is 403 g/mol. The lowest BCUT2D eigenvalue weighted by molar-refractivity contribution is -0.115. The first-order chi connectivity index (χ1) is 12.7. The summed E-state index contributed by atoms with van der Waals surface area (Å²) in [6, 6.07) is 3.90. The van der Waals surface area contributed by atoms with Gasteiger partial charge in [-0.1, -0.05) is 11.6 Å². The molecule has 2 amide bonds. The maximum absolute atomic E-state index is 13.5. The Hall–Kier alpha value is -2.94. The predicted molar refractivity (Wildman–Crippen MR) is 91.6 cm³/mol. The maximum atomic E-state index is 13.5. The summed E-state index contributed by atoms with van der Waals surface area (Å²) in [6.45, 7) is 1.30. The number of phenols is 1. The fourth-order valence-electron chi connectivity index (χ4n) is 2.05. The topological polar surface area (TPSA) is 87.7 Å². The average Bonchev–Trinajstić information content (AvgIpc) is 2.64. The quantitative estimate of drug-likeness (QED) is 0.647. The molecule has 0 saturated heterocycles. The van der Waals surface area contributed by atoms with Gasteiger partial charge in [0.1, 0.15) is 0 Å². The van der Waals surface area contributed by atoms with Crippen molar-refractivity contribution in [3.05, 3.63) is 52.3 Å². The van der Waals surface area contributed by atoms with Gasteiger partial charge >= 0.3 is 0 Å². The molecule has 0 heterocycles. The highest BCUT2D eigenvalue weighted by Gasteiger charge is 2.17. The summed E-state index contributed by atoms with van der Waals surface area (Å²) in [6.07, 6.45) is 0. The molecule has 0 aliphatic heterocycles. The molecule has 0 fully saturated rings. The normalized spacial score (nSPS) is 10.4. The molecule has 0 unspecified atom stereocenters. The Balaban J connectivity index is 2.03. The molecule has 0 spiro atoms. The van der Waals surface area contributed by atoms with Crippen molar-refractivity contribution in [3.63, 3.8) is 0 Å². The number of carbonyl (C=O) groups excluding carboxylic acids is 2.